The molecule has 0 aromatic heterocycles. The maximum absolute atomic E-state index is 11.0. The summed E-state index contributed by atoms with van der Waals surface area (Å²) in [6.07, 6.45) is -2.36. The van der Waals surface area contributed by atoms with Crippen LogP contribution in [0.15, 0.2) is 10.1 Å². The Hall–Kier alpha value is -0.940. The van der Waals surface area contributed by atoms with Gasteiger partial charge in [0.1, 0.15) is 11.1 Å². The molecule has 0 spiro atoms. The number of carbonyl (C=O) groups is 2. The van der Waals surface area contributed by atoms with E-state index in [9.17, 15) is 14.7 Å². The monoisotopic (exact) mass is 267 g/mol. The molecule has 0 aromatic carbocycles. The number of carboxylic acid groups (broad SMARTS) is 1. The van der Waals surface area contributed by atoms with E-state index in [0.717, 1.165) is 0 Å². The molecule has 1 atom stereocenters. The largest absolute Gasteiger partial charge is 0.543 e. The van der Waals surface area contributed by atoms with E-state index in [1.165, 1.54) is 13.8 Å². The maximum Gasteiger partial charge on any atom is 0.351 e. The molecule has 0 saturated heterocycles. The lowest BCUT2D eigenvalue weighted by Gasteiger charge is -2.31. The molecule has 16 heavy (non-hydrogen) atoms. The van der Waals surface area contributed by atoms with Crippen molar-refractivity contribution >= 4 is 35.3 Å². The topological polar surface area (TPSA) is 75.7 Å². The van der Waals surface area contributed by atoms with Crippen LogP contribution in [0, 0.1) is 0 Å². The van der Waals surface area contributed by atoms with Gasteiger partial charge in [0.15, 0.2) is 0 Å². The lowest BCUT2D eigenvalue weighted by atomic mass is 10.0. The summed E-state index contributed by atoms with van der Waals surface area (Å²) in [5.41, 5.74) is -1.08. The number of ether oxygens (including phenoxy) is 2. The van der Waals surface area contributed by atoms with Gasteiger partial charge in [0.05, 0.1) is 5.03 Å². The quantitative estimate of drug-likeness (QED) is 0.717. The van der Waals surface area contributed by atoms with Crippen molar-refractivity contribution in [3.05, 3.63) is 10.1 Å². The highest BCUT2D eigenvalue weighted by Crippen LogP contribution is 2.34. The van der Waals surface area contributed by atoms with Crippen LogP contribution in [0.4, 0.5) is 4.79 Å². The fourth-order valence-electron chi connectivity index (χ4n) is 1.32. The Morgan fingerprint density at radius 2 is 2.12 bits per heavy atom. The Kier molecular flexibility index (Phi) is 3.70. The zero-order chi connectivity index (χ0) is 12.5. The van der Waals surface area contributed by atoms with Gasteiger partial charge < -0.3 is 19.4 Å². The molecule has 1 rings (SSSR count). The zero-order valence-corrected chi connectivity index (χ0v) is 10.1. The van der Waals surface area contributed by atoms with Crippen molar-refractivity contribution in [1.29, 1.82) is 0 Å². The van der Waals surface area contributed by atoms with E-state index in [1.54, 1.807) is 0 Å². The van der Waals surface area contributed by atoms with E-state index < -0.39 is 23.8 Å². The van der Waals surface area contributed by atoms with Gasteiger partial charge in [0.2, 0.25) is 0 Å². The predicted octanol–water partition coefficient (Wildman–Crippen LogP) is 1.13. The Balaban J connectivity index is 2.70. The van der Waals surface area contributed by atoms with Crippen molar-refractivity contribution in [3.8, 4) is 0 Å². The van der Waals surface area contributed by atoms with Crippen molar-refractivity contribution in [2.45, 2.75) is 32.0 Å². The minimum absolute atomic E-state index is 0.0571. The summed E-state index contributed by atoms with van der Waals surface area (Å²) in [7, 11) is 0. The van der Waals surface area contributed by atoms with E-state index in [1.807, 2.05) is 0 Å². The molecule has 0 bridgehead atoms. The van der Waals surface area contributed by atoms with Crippen LogP contribution in [-0.2, 0) is 14.3 Å². The number of rotatable bonds is 3. The van der Waals surface area contributed by atoms with Gasteiger partial charge in [0, 0.05) is 12.0 Å². The summed E-state index contributed by atoms with van der Waals surface area (Å²) >= 11 is 11.3. The SMILES string of the molecule is CC(C)(CC1OC(=O)C(Cl)=C1Cl)OC(=O)[O-]. The van der Waals surface area contributed by atoms with Crippen molar-refractivity contribution in [2.75, 3.05) is 0 Å². The van der Waals surface area contributed by atoms with E-state index in [4.69, 9.17) is 27.9 Å². The second-order valence-electron chi connectivity index (χ2n) is 3.87. The molecule has 1 heterocycles. The van der Waals surface area contributed by atoms with Crippen LogP contribution in [0.5, 0.6) is 0 Å². The first kappa shape index (κ1) is 13.1. The minimum Gasteiger partial charge on any atom is -0.543 e. The van der Waals surface area contributed by atoms with E-state index in [0.29, 0.717) is 0 Å². The molecule has 0 aliphatic carbocycles. The molecular formula is C9H9Cl2O5-. The summed E-state index contributed by atoms with van der Waals surface area (Å²) in [5.74, 6) is -0.721. The summed E-state index contributed by atoms with van der Waals surface area (Å²) < 4.78 is 9.34. The second kappa shape index (κ2) is 4.51. The summed E-state index contributed by atoms with van der Waals surface area (Å²) in [6, 6.07) is 0. The van der Waals surface area contributed by atoms with Crippen LogP contribution in [0.2, 0.25) is 0 Å². The van der Waals surface area contributed by atoms with Gasteiger partial charge in [-0.15, -0.1) is 0 Å². The first-order valence-corrected chi connectivity index (χ1v) is 5.14. The number of esters is 1. The number of carbonyl (C=O) groups excluding carboxylic acids is 2. The lowest BCUT2D eigenvalue weighted by molar-refractivity contribution is -0.294. The zero-order valence-electron chi connectivity index (χ0n) is 8.58. The van der Waals surface area contributed by atoms with Crippen molar-refractivity contribution in [2.24, 2.45) is 0 Å². The standard InChI is InChI=1S/C9H10Cl2O5/c1-9(2,16-8(13)14)3-4-5(10)6(11)7(12)15-4/h4H,3H2,1-2H3,(H,13,14)/p-1. The molecule has 0 radical (unpaired) electrons. The number of hydrogen-bond donors (Lipinski definition) is 0. The molecule has 7 heteroatoms. The van der Waals surface area contributed by atoms with Crippen LogP contribution in [0.25, 0.3) is 0 Å². The Bertz CT molecular complexity index is 361. The maximum atomic E-state index is 11.0. The third kappa shape index (κ3) is 3.02. The van der Waals surface area contributed by atoms with E-state index >= 15 is 0 Å². The molecule has 0 N–H and O–H groups in total. The fraction of sp³-hybridized carbons (Fsp3) is 0.556. The van der Waals surface area contributed by atoms with Crippen molar-refractivity contribution in [3.63, 3.8) is 0 Å². The molecule has 1 aliphatic heterocycles. The normalized spacial score (nSPS) is 21.0. The fourth-order valence-corrected chi connectivity index (χ4v) is 1.68. The number of hydrogen-bond acceptors (Lipinski definition) is 5. The van der Waals surface area contributed by atoms with Gasteiger partial charge in [0.25, 0.3) is 6.16 Å². The Morgan fingerprint density at radius 3 is 2.50 bits per heavy atom. The first-order valence-electron chi connectivity index (χ1n) is 4.39. The number of halogens is 2. The lowest BCUT2D eigenvalue weighted by Crippen LogP contribution is -2.38. The highest BCUT2D eigenvalue weighted by Gasteiger charge is 2.36. The summed E-state index contributed by atoms with van der Waals surface area (Å²) in [6.45, 7) is 3.01. The van der Waals surface area contributed by atoms with Gasteiger partial charge in [-0.05, 0) is 13.8 Å². The van der Waals surface area contributed by atoms with Gasteiger partial charge >= 0.3 is 5.97 Å². The summed E-state index contributed by atoms with van der Waals surface area (Å²) in [5, 5.41) is 10.2. The van der Waals surface area contributed by atoms with Crippen molar-refractivity contribution in [1.82, 2.24) is 0 Å². The smallest absolute Gasteiger partial charge is 0.351 e. The predicted molar refractivity (Wildman–Crippen MR) is 53.8 cm³/mol. The van der Waals surface area contributed by atoms with Gasteiger partial charge in [-0.3, -0.25) is 0 Å². The Labute approximate surface area is 102 Å². The van der Waals surface area contributed by atoms with Crippen LogP contribution < -0.4 is 5.11 Å². The van der Waals surface area contributed by atoms with Gasteiger partial charge in [-0.2, -0.15) is 0 Å². The highest BCUT2D eigenvalue weighted by molar-refractivity contribution is 6.48. The second-order valence-corrected chi connectivity index (χ2v) is 4.66. The molecule has 90 valence electrons. The molecule has 0 amide bonds. The summed E-state index contributed by atoms with van der Waals surface area (Å²) in [4.78, 5) is 21.3. The molecule has 0 saturated carbocycles. The third-order valence-electron chi connectivity index (χ3n) is 1.96. The van der Waals surface area contributed by atoms with Gasteiger partial charge in [-0.25, -0.2) is 4.79 Å². The Morgan fingerprint density at radius 1 is 1.56 bits per heavy atom. The minimum atomic E-state index is -1.65. The van der Waals surface area contributed by atoms with Crippen LogP contribution in [-0.4, -0.2) is 23.8 Å². The average molecular weight is 268 g/mol. The molecule has 0 fully saturated rings. The van der Waals surface area contributed by atoms with Crippen LogP contribution >= 0.6 is 23.2 Å². The van der Waals surface area contributed by atoms with Crippen LogP contribution in [0.1, 0.15) is 20.3 Å². The van der Waals surface area contributed by atoms with Gasteiger partial charge in [-0.1, -0.05) is 23.2 Å². The third-order valence-corrected chi connectivity index (χ3v) is 2.84. The molecule has 1 aliphatic rings. The number of cyclic esters (lactones) is 1. The molecule has 1 unspecified atom stereocenters. The van der Waals surface area contributed by atoms with Crippen LogP contribution in [0.3, 0.4) is 0 Å². The van der Waals surface area contributed by atoms with E-state index in [-0.39, 0.29) is 16.5 Å². The molecular weight excluding hydrogens is 259 g/mol. The first-order chi connectivity index (χ1) is 7.23. The molecule has 5 nitrogen and oxygen atoms in total. The van der Waals surface area contributed by atoms with Crippen molar-refractivity contribution < 1.29 is 24.2 Å². The highest BCUT2D eigenvalue weighted by atomic mass is 35.5. The average Bonchev–Trinajstić information content (AvgIpc) is 2.30. The van der Waals surface area contributed by atoms with E-state index in [2.05, 4.69) is 4.74 Å². The molecule has 0 aromatic rings.